The minimum Gasteiger partial charge on any atom is -0.358 e. The first-order valence-corrected chi connectivity index (χ1v) is 7.71. The summed E-state index contributed by atoms with van der Waals surface area (Å²) in [4.78, 5) is 14.2. The van der Waals surface area contributed by atoms with Crippen LogP contribution in [0.15, 0.2) is 6.20 Å². The molecule has 0 atom stereocenters. The van der Waals surface area contributed by atoms with Gasteiger partial charge in [0.2, 0.25) is 0 Å². The van der Waals surface area contributed by atoms with Crippen molar-refractivity contribution < 1.29 is 18.5 Å². The second-order valence-corrected chi connectivity index (χ2v) is 5.93. The fourth-order valence-electron chi connectivity index (χ4n) is 1.66. The molecule has 0 aliphatic heterocycles. The highest BCUT2D eigenvalue weighted by Crippen LogP contribution is 2.48. The molecule has 1 aromatic rings. The lowest BCUT2D eigenvalue weighted by Gasteiger charge is -2.16. The number of aryl methyl sites for hydroxylation is 1. The van der Waals surface area contributed by atoms with Crippen LogP contribution in [0, 0.1) is 17.0 Å². The first-order chi connectivity index (χ1) is 8.93. The van der Waals surface area contributed by atoms with Gasteiger partial charge in [0.25, 0.3) is 0 Å². The number of hydrogen-bond donors (Lipinski definition) is 0. The Labute approximate surface area is 111 Å². The van der Waals surface area contributed by atoms with Crippen molar-refractivity contribution in [2.24, 2.45) is 0 Å². The fraction of sp³-hybridized carbons (Fsp3) is 0.700. The van der Waals surface area contributed by atoms with Crippen LogP contribution >= 0.6 is 7.60 Å². The topological polar surface area (TPSA) is 96.5 Å². The predicted molar refractivity (Wildman–Crippen MR) is 69.3 cm³/mol. The van der Waals surface area contributed by atoms with E-state index in [0.29, 0.717) is 5.82 Å². The SMILES string of the molecule is CCOP(=O)(CCn1c([N+](=O)[O-])cnc1C)OCC. The minimum absolute atomic E-state index is 0.0761. The predicted octanol–water partition coefficient (Wildman–Crippen LogP) is 2.37. The van der Waals surface area contributed by atoms with Gasteiger partial charge in [0.15, 0.2) is 5.82 Å². The molecule has 0 aromatic carbocycles. The zero-order valence-electron chi connectivity index (χ0n) is 11.2. The fourth-order valence-corrected chi connectivity index (χ4v) is 3.23. The molecule has 0 bridgehead atoms. The highest BCUT2D eigenvalue weighted by Gasteiger charge is 2.27. The van der Waals surface area contributed by atoms with Crippen LogP contribution in [0.25, 0.3) is 0 Å². The van der Waals surface area contributed by atoms with E-state index >= 15 is 0 Å². The van der Waals surface area contributed by atoms with Crippen molar-refractivity contribution >= 4 is 13.4 Å². The van der Waals surface area contributed by atoms with Gasteiger partial charge in [-0.25, -0.2) is 9.55 Å². The van der Waals surface area contributed by atoms with Gasteiger partial charge >= 0.3 is 13.4 Å². The van der Waals surface area contributed by atoms with Gasteiger partial charge in [0.1, 0.15) is 12.7 Å². The average Bonchev–Trinajstić information content (AvgIpc) is 2.69. The molecule has 8 nitrogen and oxygen atoms in total. The molecular weight excluding hydrogens is 273 g/mol. The maximum atomic E-state index is 12.3. The van der Waals surface area contributed by atoms with E-state index in [1.807, 2.05) is 0 Å². The zero-order chi connectivity index (χ0) is 14.5. The van der Waals surface area contributed by atoms with Crippen LogP contribution in [-0.4, -0.2) is 33.9 Å². The van der Waals surface area contributed by atoms with Gasteiger partial charge in [-0.3, -0.25) is 4.57 Å². The van der Waals surface area contributed by atoms with Gasteiger partial charge in [0, 0.05) is 6.92 Å². The van der Waals surface area contributed by atoms with Crippen molar-refractivity contribution in [3.05, 3.63) is 22.1 Å². The van der Waals surface area contributed by atoms with Crippen molar-refractivity contribution in [1.82, 2.24) is 9.55 Å². The summed E-state index contributed by atoms with van der Waals surface area (Å²) in [6.07, 6.45) is 1.26. The Hall–Kier alpha value is -1.24. The van der Waals surface area contributed by atoms with E-state index in [-0.39, 0.29) is 31.7 Å². The maximum Gasteiger partial charge on any atom is 0.342 e. The first-order valence-electron chi connectivity index (χ1n) is 5.98. The summed E-state index contributed by atoms with van der Waals surface area (Å²) in [5.74, 6) is 0.364. The molecule has 1 rings (SSSR count). The molecule has 0 amide bonds. The average molecular weight is 291 g/mol. The van der Waals surface area contributed by atoms with E-state index in [0.717, 1.165) is 0 Å². The molecule has 0 aliphatic rings. The van der Waals surface area contributed by atoms with E-state index in [4.69, 9.17) is 9.05 Å². The summed E-state index contributed by atoms with van der Waals surface area (Å²) in [7, 11) is -3.20. The van der Waals surface area contributed by atoms with Gasteiger partial charge in [-0.05, 0) is 18.8 Å². The molecule has 19 heavy (non-hydrogen) atoms. The molecule has 0 fully saturated rings. The second kappa shape index (κ2) is 6.79. The van der Waals surface area contributed by atoms with E-state index < -0.39 is 12.5 Å². The third-order valence-electron chi connectivity index (χ3n) is 2.47. The van der Waals surface area contributed by atoms with Crippen molar-refractivity contribution in [3.63, 3.8) is 0 Å². The lowest BCUT2D eigenvalue weighted by Crippen LogP contribution is -2.11. The van der Waals surface area contributed by atoms with Gasteiger partial charge in [-0.1, -0.05) is 0 Å². The third-order valence-corrected chi connectivity index (χ3v) is 4.52. The van der Waals surface area contributed by atoms with Crippen molar-refractivity contribution in [2.45, 2.75) is 27.3 Å². The van der Waals surface area contributed by atoms with Crippen LogP contribution < -0.4 is 0 Å². The number of imidazole rings is 1. The highest BCUT2D eigenvalue weighted by atomic mass is 31.2. The Morgan fingerprint density at radius 2 is 2.00 bits per heavy atom. The highest BCUT2D eigenvalue weighted by molar-refractivity contribution is 7.53. The van der Waals surface area contributed by atoms with Crippen LogP contribution in [-0.2, 0) is 20.2 Å². The molecule has 0 aliphatic carbocycles. The van der Waals surface area contributed by atoms with E-state index in [1.165, 1.54) is 10.8 Å². The smallest absolute Gasteiger partial charge is 0.342 e. The summed E-state index contributed by atoms with van der Waals surface area (Å²) in [5.41, 5.74) is 0. The van der Waals surface area contributed by atoms with Crippen LogP contribution in [0.5, 0.6) is 0 Å². The summed E-state index contributed by atoms with van der Waals surface area (Å²) < 4.78 is 23.9. The number of hydrogen-bond acceptors (Lipinski definition) is 6. The largest absolute Gasteiger partial charge is 0.358 e. The standard InChI is InChI=1S/C10H18N3O5P/c1-4-17-19(16,18-5-2)7-6-12-9(3)11-8-10(12)13(14)15/h8H,4-7H2,1-3H3. The van der Waals surface area contributed by atoms with Crippen LogP contribution in [0.3, 0.4) is 0 Å². The molecular formula is C10H18N3O5P. The Morgan fingerprint density at radius 3 is 2.47 bits per heavy atom. The molecule has 108 valence electrons. The Kier molecular flexibility index (Phi) is 5.65. The summed E-state index contributed by atoms with van der Waals surface area (Å²) in [6.45, 7) is 5.79. The molecule has 0 spiro atoms. The van der Waals surface area contributed by atoms with Crippen molar-refractivity contribution in [3.8, 4) is 0 Å². The summed E-state index contributed by atoms with van der Waals surface area (Å²) in [5, 5.41) is 10.8. The number of aromatic nitrogens is 2. The van der Waals surface area contributed by atoms with E-state index in [2.05, 4.69) is 4.98 Å². The molecule has 0 saturated heterocycles. The molecule has 1 heterocycles. The summed E-state index contributed by atoms with van der Waals surface area (Å²) >= 11 is 0. The summed E-state index contributed by atoms with van der Waals surface area (Å²) in [6, 6.07) is 0. The van der Waals surface area contributed by atoms with Crippen molar-refractivity contribution in [2.75, 3.05) is 19.4 Å². The lowest BCUT2D eigenvalue weighted by atomic mass is 10.6. The molecule has 0 N–H and O–H groups in total. The van der Waals surface area contributed by atoms with Gasteiger partial charge in [-0.15, -0.1) is 0 Å². The Morgan fingerprint density at radius 1 is 1.42 bits per heavy atom. The normalized spacial score (nSPS) is 11.7. The van der Waals surface area contributed by atoms with Crippen LogP contribution in [0.4, 0.5) is 5.82 Å². The first kappa shape index (κ1) is 15.8. The Bertz CT molecular complexity index is 478. The molecule has 0 radical (unpaired) electrons. The van der Waals surface area contributed by atoms with Crippen molar-refractivity contribution in [1.29, 1.82) is 0 Å². The zero-order valence-corrected chi connectivity index (χ0v) is 12.1. The number of nitrogens with zero attached hydrogens (tertiary/aromatic N) is 3. The lowest BCUT2D eigenvalue weighted by molar-refractivity contribution is -0.392. The minimum atomic E-state index is -3.20. The van der Waals surface area contributed by atoms with E-state index in [9.17, 15) is 14.7 Å². The number of nitro groups is 1. The van der Waals surface area contributed by atoms with E-state index in [1.54, 1.807) is 20.8 Å². The monoisotopic (exact) mass is 291 g/mol. The quantitative estimate of drug-likeness (QED) is 0.414. The Balaban J connectivity index is 2.82. The van der Waals surface area contributed by atoms with Crippen LogP contribution in [0.2, 0.25) is 0 Å². The van der Waals surface area contributed by atoms with Crippen LogP contribution in [0.1, 0.15) is 19.7 Å². The second-order valence-electron chi connectivity index (χ2n) is 3.74. The third kappa shape index (κ3) is 4.12. The maximum absolute atomic E-state index is 12.3. The molecule has 1 aromatic heterocycles. The van der Waals surface area contributed by atoms with Gasteiger partial charge in [-0.2, -0.15) is 0 Å². The molecule has 0 saturated carbocycles. The molecule has 9 heteroatoms. The molecule has 0 unspecified atom stereocenters. The van der Waals surface area contributed by atoms with Gasteiger partial charge < -0.3 is 19.2 Å². The number of rotatable bonds is 8. The van der Waals surface area contributed by atoms with Gasteiger partial charge in [0.05, 0.1) is 19.4 Å².